The molecule has 23 heavy (non-hydrogen) atoms. The molecule has 1 aromatic heterocycles. The van der Waals surface area contributed by atoms with E-state index in [4.69, 9.17) is 4.74 Å². The molecule has 0 fully saturated rings. The number of hydrogen-bond donors (Lipinski definition) is 1. The molecule has 0 saturated carbocycles. The van der Waals surface area contributed by atoms with Crippen LogP contribution in [0.3, 0.4) is 0 Å². The van der Waals surface area contributed by atoms with Crippen LogP contribution in [0, 0.1) is 13.8 Å². The summed E-state index contributed by atoms with van der Waals surface area (Å²) < 4.78 is 5.19. The van der Waals surface area contributed by atoms with Crippen molar-refractivity contribution in [3.05, 3.63) is 65.4 Å². The Morgan fingerprint density at radius 2 is 1.78 bits per heavy atom. The second kappa shape index (κ2) is 6.08. The number of carbonyl (C=O) groups excluding carboxylic acids is 1. The fourth-order valence-corrected chi connectivity index (χ4v) is 2.61. The number of ether oxygens (including phenoxy) is 1. The predicted octanol–water partition coefficient (Wildman–Crippen LogP) is 4.11. The van der Waals surface area contributed by atoms with Gasteiger partial charge in [0, 0.05) is 17.0 Å². The minimum absolute atomic E-state index is 0.133. The van der Waals surface area contributed by atoms with E-state index < -0.39 is 0 Å². The van der Waals surface area contributed by atoms with Crippen LogP contribution in [0.1, 0.15) is 21.5 Å². The Morgan fingerprint density at radius 3 is 2.48 bits per heavy atom. The summed E-state index contributed by atoms with van der Waals surface area (Å²) in [6.45, 7) is 3.96. The fourth-order valence-electron chi connectivity index (χ4n) is 2.61. The molecule has 0 saturated heterocycles. The Balaban J connectivity index is 1.87. The van der Waals surface area contributed by atoms with Crippen LogP contribution in [0.5, 0.6) is 5.75 Å². The molecule has 2 aromatic carbocycles. The van der Waals surface area contributed by atoms with E-state index in [0.29, 0.717) is 11.3 Å². The first kappa shape index (κ1) is 15.0. The second-order valence-corrected chi connectivity index (χ2v) is 5.61. The topological polar surface area (TPSA) is 51.2 Å². The predicted molar refractivity (Wildman–Crippen MR) is 92.2 cm³/mol. The van der Waals surface area contributed by atoms with Crippen LogP contribution in [-0.2, 0) is 0 Å². The van der Waals surface area contributed by atoms with Gasteiger partial charge in [0.05, 0.1) is 24.5 Å². The molecule has 0 spiro atoms. The van der Waals surface area contributed by atoms with Gasteiger partial charge in [-0.1, -0.05) is 17.2 Å². The summed E-state index contributed by atoms with van der Waals surface area (Å²) in [5.41, 5.74) is 4.29. The number of nitrogens with one attached hydrogen (secondary N) is 1. The third-order valence-corrected chi connectivity index (χ3v) is 3.63. The van der Waals surface area contributed by atoms with Crippen molar-refractivity contribution < 1.29 is 9.53 Å². The number of amides is 1. The van der Waals surface area contributed by atoms with Crippen LogP contribution >= 0.6 is 0 Å². The molecular weight excluding hydrogens is 288 g/mol. The third kappa shape index (κ3) is 3.31. The number of fused-ring (bicyclic) bond motifs is 1. The van der Waals surface area contributed by atoms with Gasteiger partial charge in [-0.15, -0.1) is 0 Å². The number of benzene rings is 2. The van der Waals surface area contributed by atoms with Crippen molar-refractivity contribution in [2.24, 2.45) is 0 Å². The van der Waals surface area contributed by atoms with E-state index in [-0.39, 0.29) is 5.91 Å². The zero-order valence-corrected chi connectivity index (χ0v) is 13.4. The molecule has 3 aromatic rings. The Bertz CT molecular complexity index is 867. The van der Waals surface area contributed by atoms with Gasteiger partial charge in [0.15, 0.2) is 0 Å². The van der Waals surface area contributed by atoms with Crippen LogP contribution in [0.15, 0.2) is 48.7 Å². The van der Waals surface area contributed by atoms with E-state index >= 15 is 0 Å². The smallest absolute Gasteiger partial charge is 0.255 e. The summed E-state index contributed by atoms with van der Waals surface area (Å²) in [6, 6.07) is 13.4. The Kier molecular flexibility index (Phi) is 3.98. The molecular formula is C19H18N2O2. The van der Waals surface area contributed by atoms with Gasteiger partial charge in [0.25, 0.3) is 5.91 Å². The molecule has 1 heterocycles. The number of carbonyl (C=O) groups is 1. The molecule has 1 amide bonds. The lowest BCUT2D eigenvalue weighted by Gasteiger charge is -2.08. The highest BCUT2D eigenvalue weighted by atomic mass is 16.5. The number of pyridine rings is 1. The van der Waals surface area contributed by atoms with E-state index in [0.717, 1.165) is 27.8 Å². The van der Waals surface area contributed by atoms with E-state index in [1.54, 1.807) is 13.3 Å². The zero-order chi connectivity index (χ0) is 16.4. The number of nitrogens with zero attached hydrogens (tertiary/aromatic N) is 1. The minimum Gasteiger partial charge on any atom is -0.497 e. The van der Waals surface area contributed by atoms with Crippen molar-refractivity contribution in [1.29, 1.82) is 0 Å². The maximum Gasteiger partial charge on any atom is 0.255 e. The molecule has 0 aliphatic heterocycles. The third-order valence-electron chi connectivity index (χ3n) is 3.63. The highest BCUT2D eigenvalue weighted by Crippen LogP contribution is 2.22. The monoisotopic (exact) mass is 306 g/mol. The number of aryl methyl sites for hydroxylation is 2. The normalized spacial score (nSPS) is 10.6. The molecule has 1 N–H and O–H groups in total. The highest BCUT2D eigenvalue weighted by Gasteiger charge is 2.08. The molecule has 0 aliphatic rings. The summed E-state index contributed by atoms with van der Waals surface area (Å²) in [5, 5.41) is 3.85. The number of aromatic nitrogens is 1. The van der Waals surface area contributed by atoms with Crippen LogP contribution in [0.4, 0.5) is 5.69 Å². The van der Waals surface area contributed by atoms with Crippen molar-refractivity contribution in [1.82, 2.24) is 4.98 Å². The first-order valence-electron chi connectivity index (χ1n) is 7.38. The summed E-state index contributed by atoms with van der Waals surface area (Å²) in [7, 11) is 1.62. The number of anilines is 1. The lowest BCUT2D eigenvalue weighted by Crippen LogP contribution is -2.12. The molecule has 0 bridgehead atoms. The second-order valence-electron chi connectivity index (χ2n) is 5.61. The first-order valence-corrected chi connectivity index (χ1v) is 7.38. The maximum atomic E-state index is 12.4. The van der Waals surface area contributed by atoms with Gasteiger partial charge in [0.2, 0.25) is 0 Å². The summed E-state index contributed by atoms with van der Waals surface area (Å²) in [5.74, 6) is 0.628. The van der Waals surface area contributed by atoms with Gasteiger partial charge in [-0.3, -0.25) is 9.78 Å². The zero-order valence-electron chi connectivity index (χ0n) is 13.4. The van der Waals surface area contributed by atoms with Crippen LogP contribution in [-0.4, -0.2) is 18.0 Å². The van der Waals surface area contributed by atoms with Gasteiger partial charge >= 0.3 is 0 Å². The molecule has 0 aliphatic carbocycles. The Morgan fingerprint density at radius 1 is 1.04 bits per heavy atom. The number of rotatable bonds is 3. The number of hydrogen-bond acceptors (Lipinski definition) is 3. The van der Waals surface area contributed by atoms with Gasteiger partial charge in [-0.05, 0) is 44.2 Å². The lowest BCUT2D eigenvalue weighted by molar-refractivity contribution is 0.102. The molecule has 3 rings (SSSR count). The van der Waals surface area contributed by atoms with E-state index in [2.05, 4.69) is 10.3 Å². The maximum absolute atomic E-state index is 12.4. The minimum atomic E-state index is -0.133. The molecule has 0 unspecified atom stereocenters. The highest BCUT2D eigenvalue weighted by molar-refractivity contribution is 6.05. The van der Waals surface area contributed by atoms with Gasteiger partial charge in [-0.2, -0.15) is 0 Å². The van der Waals surface area contributed by atoms with E-state index in [9.17, 15) is 4.79 Å². The first-order chi connectivity index (χ1) is 11.0. The van der Waals surface area contributed by atoms with E-state index in [1.165, 1.54) is 0 Å². The summed E-state index contributed by atoms with van der Waals surface area (Å²) >= 11 is 0. The molecule has 116 valence electrons. The summed E-state index contributed by atoms with van der Waals surface area (Å²) in [6.07, 6.45) is 1.66. The van der Waals surface area contributed by atoms with Crippen LogP contribution in [0.25, 0.3) is 10.9 Å². The molecule has 0 atom stereocenters. The average molecular weight is 306 g/mol. The molecule has 0 radical (unpaired) electrons. The van der Waals surface area contributed by atoms with Gasteiger partial charge < -0.3 is 10.1 Å². The SMILES string of the molecule is COc1ccc2cc(NC(=O)c3cc(C)cc(C)c3)cnc2c1. The van der Waals surface area contributed by atoms with Crippen molar-refractivity contribution in [2.45, 2.75) is 13.8 Å². The van der Waals surface area contributed by atoms with Crippen molar-refractivity contribution >= 4 is 22.5 Å². The van der Waals surface area contributed by atoms with E-state index in [1.807, 2.05) is 56.3 Å². The van der Waals surface area contributed by atoms with Crippen molar-refractivity contribution in [3.8, 4) is 5.75 Å². The summed E-state index contributed by atoms with van der Waals surface area (Å²) in [4.78, 5) is 16.8. The quantitative estimate of drug-likeness (QED) is 0.792. The molecule has 4 heteroatoms. The van der Waals surface area contributed by atoms with Crippen LogP contribution < -0.4 is 10.1 Å². The Labute approximate surface area is 135 Å². The standard InChI is InChI=1S/C19H18N2O2/c1-12-6-13(2)8-15(7-12)19(22)21-16-9-14-4-5-17(23-3)10-18(14)20-11-16/h4-11H,1-3H3,(H,21,22). The van der Waals surface area contributed by atoms with Gasteiger partial charge in [-0.25, -0.2) is 0 Å². The van der Waals surface area contributed by atoms with Gasteiger partial charge in [0.1, 0.15) is 5.75 Å². The number of methoxy groups -OCH3 is 1. The van der Waals surface area contributed by atoms with Crippen molar-refractivity contribution in [3.63, 3.8) is 0 Å². The van der Waals surface area contributed by atoms with Crippen LogP contribution in [0.2, 0.25) is 0 Å². The Hall–Kier alpha value is -2.88. The fraction of sp³-hybridized carbons (Fsp3) is 0.158. The average Bonchev–Trinajstić information content (AvgIpc) is 2.53. The molecule has 4 nitrogen and oxygen atoms in total. The van der Waals surface area contributed by atoms with Crippen molar-refractivity contribution in [2.75, 3.05) is 12.4 Å². The largest absolute Gasteiger partial charge is 0.497 e. The lowest BCUT2D eigenvalue weighted by atomic mass is 10.1.